The fraction of sp³-hybridized carbons (Fsp3) is 0.194. The molecule has 1 atom stereocenters. The summed E-state index contributed by atoms with van der Waals surface area (Å²) in [5.41, 5.74) is 11.2. The number of ether oxygens (including phenoxy) is 1. The van der Waals surface area contributed by atoms with Gasteiger partial charge in [-0.25, -0.2) is 4.98 Å². The predicted octanol–water partition coefficient (Wildman–Crippen LogP) is 4.63. The first kappa shape index (κ1) is 25.9. The van der Waals surface area contributed by atoms with Gasteiger partial charge in [-0.1, -0.05) is 86.6 Å². The first-order chi connectivity index (χ1) is 18.9. The van der Waals surface area contributed by atoms with E-state index in [1.165, 1.54) is 4.52 Å². The van der Waals surface area contributed by atoms with E-state index in [-0.39, 0.29) is 23.9 Å². The van der Waals surface area contributed by atoms with Gasteiger partial charge in [0, 0.05) is 5.56 Å². The Hall–Kier alpha value is -4.69. The molecule has 4 N–H and O–H groups in total. The van der Waals surface area contributed by atoms with E-state index in [4.69, 9.17) is 15.5 Å². The van der Waals surface area contributed by atoms with Crippen LogP contribution >= 0.6 is 0 Å². The summed E-state index contributed by atoms with van der Waals surface area (Å²) in [5.74, 6) is 0.341. The molecule has 0 aliphatic heterocycles. The minimum atomic E-state index is -0.670. The summed E-state index contributed by atoms with van der Waals surface area (Å²) >= 11 is 0. The van der Waals surface area contributed by atoms with E-state index < -0.39 is 6.04 Å². The molecule has 2 heterocycles. The Balaban J connectivity index is 1.76. The third-order valence-electron chi connectivity index (χ3n) is 6.81. The molecular formula is C31H31N5O3. The lowest BCUT2D eigenvalue weighted by molar-refractivity contribution is -0.123. The molecule has 0 aliphatic carbocycles. The summed E-state index contributed by atoms with van der Waals surface area (Å²) in [6.07, 6.45) is 0. The lowest BCUT2D eigenvalue weighted by Gasteiger charge is -2.16. The van der Waals surface area contributed by atoms with Gasteiger partial charge in [-0.15, -0.1) is 0 Å². The van der Waals surface area contributed by atoms with Crippen molar-refractivity contribution in [2.45, 2.75) is 26.4 Å². The molecule has 0 aliphatic rings. The van der Waals surface area contributed by atoms with Crippen LogP contribution in [0.25, 0.3) is 39.2 Å². The summed E-state index contributed by atoms with van der Waals surface area (Å²) in [6, 6.07) is 26.2. The van der Waals surface area contributed by atoms with Crippen LogP contribution in [0, 0.1) is 5.92 Å². The molecule has 3 aromatic carbocycles. The molecule has 39 heavy (non-hydrogen) atoms. The Morgan fingerprint density at radius 2 is 1.51 bits per heavy atom. The lowest BCUT2D eigenvalue weighted by atomic mass is 10.0. The summed E-state index contributed by atoms with van der Waals surface area (Å²) < 4.78 is 6.79. The van der Waals surface area contributed by atoms with Gasteiger partial charge >= 0.3 is 0 Å². The standard InChI is InChI=1S/C31H31N5O3/c1-19(2)27(32)30(37)33-18-24-25(21-14-16-23(39-3)17-15-21)31(38)36-29(34-24)26(20-10-6-4-7-11-20)28(35-36)22-12-8-5-9-13-22/h4-17,19,27,35H,18,32H2,1-3H3,(H,33,37)/t27-/m0/s1. The number of methoxy groups -OCH3 is 1. The minimum Gasteiger partial charge on any atom is -0.497 e. The van der Waals surface area contributed by atoms with Crippen molar-refractivity contribution in [3.8, 4) is 39.3 Å². The van der Waals surface area contributed by atoms with E-state index >= 15 is 0 Å². The highest BCUT2D eigenvalue weighted by Crippen LogP contribution is 2.35. The zero-order valence-corrected chi connectivity index (χ0v) is 22.1. The predicted molar refractivity (Wildman–Crippen MR) is 153 cm³/mol. The van der Waals surface area contributed by atoms with Gasteiger partial charge < -0.3 is 15.8 Å². The molecule has 2 aromatic heterocycles. The fourth-order valence-electron chi connectivity index (χ4n) is 4.58. The van der Waals surface area contributed by atoms with Crippen molar-refractivity contribution >= 4 is 11.6 Å². The molecule has 0 spiro atoms. The van der Waals surface area contributed by atoms with Crippen LogP contribution in [-0.2, 0) is 11.3 Å². The van der Waals surface area contributed by atoms with Crippen molar-refractivity contribution in [1.29, 1.82) is 0 Å². The van der Waals surface area contributed by atoms with Gasteiger partial charge in [-0.05, 0) is 29.2 Å². The van der Waals surface area contributed by atoms with Crippen molar-refractivity contribution in [2.24, 2.45) is 11.7 Å². The molecule has 5 aromatic rings. The highest BCUT2D eigenvalue weighted by molar-refractivity contribution is 5.91. The number of nitrogens with one attached hydrogen (secondary N) is 2. The largest absolute Gasteiger partial charge is 0.497 e. The van der Waals surface area contributed by atoms with E-state index in [2.05, 4.69) is 10.4 Å². The quantitative estimate of drug-likeness (QED) is 0.275. The molecule has 198 valence electrons. The second-order valence-electron chi connectivity index (χ2n) is 9.71. The number of fused-ring (bicyclic) bond motifs is 1. The van der Waals surface area contributed by atoms with Crippen LogP contribution in [0.3, 0.4) is 0 Å². The van der Waals surface area contributed by atoms with Gasteiger partial charge in [-0.3, -0.25) is 14.7 Å². The number of rotatable bonds is 8. The SMILES string of the molecule is COc1ccc(-c2c(CNC(=O)[C@@H](N)C(C)C)nc3c(-c4ccccc4)c(-c4ccccc4)[nH]n3c2=O)cc1. The summed E-state index contributed by atoms with van der Waals surface area (Å²) in [4.78, 5) is 31.9. The Bertz CT molecular complexity index is 1660. The average molecular weight is 522 g/mol. The van der Waals surface area contributed by atoms with Crippen LogP contribution in [0.5, 0.6) is 5.75 Å². The number of H-pyrrole nitrogens is 1. The summed E-state index contributed by atoms with van der Waals surface area (Å²) in [5, 5.41) is 6.21. The van der Waals surface area contributed by atoms with Gasteiger partial charge in [0.2, 0.25) is 5.91 Å². The minimum absolute atomic E-state index is 0.0325. The first-order valence-corrected chi connectivity index (χ1v) is 12.8. The zero-order valence-electron chi connectivity index (χ0n) is 22.1. The Morgan fingerprint density at radius 1 is 0.923 bits per heavy atom. The van der Waals surface area contributed by atoms with E-state index in [1.54, 1.807) is 19.2 Å². The second kappa shape index (κ2) is 11.0. The molecule has 0 fully saturated rings. The van der Waals surface area contributed by atoms with Crippen molar-refractivity contribution in [3.63, 3.8) is 0 Å². The normalized spacial score (nSPS) is 12.0. The molecule has 0 radical (unpaired) electrons. The molecule has 5 rings (SSSR count). The highest BCUT2D eigenvalue weighted by atomic mass is 16.5. The zero-order chi connectivity index (χ0) is 27.5. The Morgan fingerprint density at radius 3 is 2.10 bits per heavy atom. The van der Waals surface area contributed by atoms with E-state index in [0.29, 0.717) is 28.2 Å². The molecule has 8 nitrogen and oxygen atoms in total. The van der Waals surface area contributed by atoms with Crippen LogP contribution < -0.4 is 21.3 Å². The maximum Gasteiger partial charge on any atom is 0.280 e. The number of carbonyl (C=O) groups excluding carboxylic acids is 1. The number of nitrogens with two attached hydrogens (primary N) is 1. The number of amides is 1. The molecule has 0 bridgehead atoms. The maximum absolute atomic E-state index is 14.1. The molecular weight excluding hydrogens is 490 g/mol. The number of aromatic nitrogens is 3. The van der Waals surface area contributed by atoms with Crippen molar-refractivity contribution in [3.05, 3.63) is 101 Å². The van der Waals surface area contributed by atoms with Gasteiger partial charge in [0.1, 0.15) is 5.75 Å². The topological polar surface area (TPSA) is 115 Å². The van der Waals surface area contributed by atoms with E-state index in [0.717, 1.165) is 22.4 Å². The number of benzene rings is 3. The molecule has 0 unspecified atom stereocenters. The van der Waals surface area contributed by atoms with Crippen LogP contribution in [0.2, 0.25) is 0 Å². The van der Waals surface area contributed by atoms with E-state index in [9.17, 15) is 9.59 Å². The van der Waals surface area contributed by atoms with Crippen LogP contribution in [-0.4, -0.2) is 33.7 Å². The Labute approximate surface area is 226 Å². The molecule has 8 heteroatoms. The lowest BCUT2D eigenvalue weighted by Crippen LogP contribution is -2.43. The molecule has 0 saturated heterocycles. The average Bonchev–Trinajstić information content (AvgIpc) is 3.36. The van der Waals surface area contributed by atoms with Crippen molar-refractivity contribution in [2.75, 3.05) is 7.11 Å². The second-order valence-corrected chi connectivity index (χ2v) is 9.71. The third-order valence-corrected chi connectivity index (χ3v) is 6.81. The number of hydrogen-bond donors (Lipinski definition) is 3. The van der Waals surface area contributed by atoms with Crippen molar-refractivity contribution < 1.29 is 9.53 Å². The van der Waals surface area contributed by atoms with Crippen LogP contribution in [0.15, 0.2) is 89.7 Å². The smallest absolute Gasteiger partial charge is 0.280 e. The molecule has 0 saturated carbocycles. The maximum atomic E-state index is 14.1. The van der Waals surface area contributed by atoms with Gasteiger partial charge in [0.05, 0.1) is 42.2 Å². The first-order valence-electron chi connectivity index (χ1n) is 12.8. The monoisotopic (exact) mass is 521 g/mol. The third kappa shape index (κ3) is 5.06. The summed E-state index contributed by atoms with van der Waals surface area (Å²) in [7, 11) is 1.59. The molecule has 1 amide bonds. The van der Waals surface area contributed by atoms with Crippen LogP contribution in [0.1, 0.15) is 19.5 Å². The van der Waals surface area contributed by atoms with Crippen LogP contribution in [0.4, 0.5) is 0 Å². The van der Waals surface area contributed by atoms with Crippen molar-refractivity contribution in [1.82, 2.24) is 19.9 Å². The van der Waals surface area contributed by atoms with Gasteiger partial charge in [-0.2, -0.15) is 4.52 Å². The number of nitrogens with zero attached hydrogens (tertiary/aromatic N) is 2. The number of carbonyl (C=O) groups is 1. The number of hydrogen-bond acceptors (Lipinski definition) is 5. The fourth-order valence-corrected chi connectivity index (χ4v) is 4.58. The van der Waals surface area contributed by atoms with Gasteiger partial charge in [0.15, 0.2) is 5.65 Å². The van der Waals surface area contributed by atoms with Gasteiger partial charge in [0.25, 0.3) is 5.56 Å². The van der Waals surface area contributed by atoms with E-state index in [1.807, 2.05) is 86.6 Å². The summed E-state index contributed by atoms with van der Waals surface area (Å²) in [6.45, 7) is 3.83. The Kier molecular flexibility index (Phi) is 7.29. The highest BCUT2D eigenvalue weighted by Gasteiger charge is 2.24. The number of aromatic amines is 1.